The highest BCUT2D eigenvalue weighted by Gasteiger charge is 2.36. The zero-order chi connectivity index (χ0) is 35.0. The van der Waals surface area contributed by atoms with Crippen molar-refractivity contribution in [3.8, 4) is 5.75 Å². The molecule has 0 spiro atoms. The third-order valence-corrected chi connectivity index (χ3v) is 11.3. The van der Waals surface area contributed by atoms with Gasteiger partial charge in [0, 0.05) is 19.0 Å². The summed E-state index contributed by atoms with van der Waals surface area (Å²) in [7, 11) is -2.83. The molecule has 8 nitrogen and oxygen atoms in total. The molecule has 1 N–H and O–H groups in total. The number of halogens is 2. The van der Waals surface area contributed by atoms with E-state index in [9.17, 15) is 18.0 Å². The average Bonchev–Trinajstić information content (AvgIpc) is 3.11. The van der Waals surface area contributed by atoms with E-state index in [0.717, 1.165) is 47.5 Å². The Morgan fingerprint density at radius 1 is 0.857 bits per heavy atom. The molecule has 49 heavy (non-hydrogen) atoms. The summed E-state index contributed by atoms with van der Waals surface area (Å²) < 4.78 is 35.3. The van der Waals surface area contributed by atoms with Crippen molar-refractivity contribution in [2.75, 3.05) is 18.0 Å². The third-order valence-electron chi connectivity index (χ3n) is 8.80. The van der Waals surface area contributed by atoms with Crippen LogP contribution in [0.3, 0.4) is 0 Å². The third kappa shape index (κ3) is 9.15. The maximum atomic E-state index is 14.8. The predicted molar refractivity (Wildman–Crippen MR) is 195 cm³/mol. The van der Waals surface area contributed by atoms with Gasteiger partial charge in [-0.2, -0.15) is 0 Å². The van der Waals surface area contributed by atoms with Gasteiger partial charge in [0.05, 0.1) is 27.7 Å². The van der Waals surface area contributed by atoms with Crippen molar-refractivity contribution in [2.45, 2.75) is 69.0 Å². The van der Waals surface area contributed by atoms with Crippen molar-refractivity contribution >= 4 is 50.7 Å². The summed E-state index contributed by atoms with van der Waals surface area (Å²) in [6.45, 7) is 1.25. The van der Waals surface area contributed by atoms with Crippen LogP contribution in [0, 0.1) is 6.92 Å². The molecule has 0 unspecified atom stereocenters. The summed E-state index contributed by atoms with van der Waals surface area (Å²) in [5.74, 6) is -0.598. The fourth-order valence-corrected chi connectivity index (χ4v) is 7.86. The molecule has 4 aromatic carbocycles. The summed E-state index contributed by atoms with van der Waals surface area (Å²) in [4.78, 5) is 30.5. The molecule has 1 saturated carbocycles. The van der Waals surface area contributed by atoms with Crippen LogP contribution < -0.4 is 14.4 Å². The lowest BCUT2D eigenvalue weighted by atomic mass is 9.94. The van der Waals surface area contributed by atoms with Crippen LogP contribution in [0.5, 0.6) is 5.75 Å². The van der Waals surface area contributed by atoms with Crippen molar-refractivity contribution in [3.05, 3.63) is 124 Å². The summed E-state index contributed by atoms with van der Waals surface area (Å²) in [5, 5.41) is 3.87. The first-order valence-corrected chi connectivity index (χ1v) is 18.6. The Morgan fingerprint density at radius 3 is 2.20 bits per heavy atom. The van der Waals surface area contributed by atoms with Crippen molar-refractivity contribution in [1.82, 2.24) is 10.2 Å². The van der Waals surface area contributed by atoms with Gasteiger partial charge in [-0.05, 0) is 67.3 Å². The van der Waals surface area contributed by atoms with Crippen LogP contribution in [0.4, 0.5) is 5.69 Å². The van der Waals surface area contributed by atoms with E-state index in [-0.39, 0.29) is 41.2 Å². The normalized spacial score (nSPS) is 14.1. The van der Waals surface area contributed by atoms with E-state index in [1.165, 1.54) is 24.1 Å². The molecule has 1 aliphatic carbocycles. The van der Waals surface area contributed by atoms with Crippen LogP contribution >= 0.6 is 23.2 Å². The molecule has 0 saturated heterocycles. The Kier molecular flexibility index (Phi) is 12.3. The van der Waals surface area contributed by atoms with Crippen LogP contribution in [0.25, 0.3) is 0 Å². The molecule has 1 aliphatic rings. The Morgan fingerprint density at radius 2 is 1.53 bits per heavy atom. The average molecular weight is 723 g/mol. The number of benzene rings is 4. The van der Waals surface area contributed by atoms with E-state index in [4.69, 9.17) is 27.9 Å². The number of hydrogen-bond donors (Lipinski definition) is 1. The minimum atomic E-state index is -4.28. The van der Waals surface area contributed by atoms with E-state index < -0.39 is 28.5 Å². The zero-order valence-corrected chi connectivity index (χ0v) is 30.0. The monoisotopic (exact) mass is 721 g/mol. The largest absolute Gasteiger partial charge is 0.495 e. The van der Waals surface area contributed by atoms with Crippen molar-refractivity contribution in [1.29, 1.82) is 0 Å². The number of ether oxygens (including phenoxy) is 1. The van der Waals surface area contributed by atoms with E-state index in [2.05, 4.69) is 5.32 Å². The first kappa shape index (κ1) is 36.2. The van der Waals surface area contributed by atoms with Gasteiger partial charge >= 0.3 is 0 Å². The van der Waals surface area contributed by atoms with Gasteiger partial charge in [-0.25, -0.2) is 8.42 Å². The van der Waals surface area contributed by atoms with E-state index in [0.29, 0.717) is 15.6 Å². The number of carbonyl (C=O) groups is 2. The fraction of sp³-hybridized carbons (Fsp3) is 0.316. The molecule has 0 aromatic heterocycles. The summed E-state index contributed by atoms with van der Waals surface area (Å²) >= 11 is 12.6. The Hall–Kier alpha value is -4.05. The standard InChI is InChI=1S/C38H41Cl2N3O5S/c1-27-17-20-31(21-18-27)49(46,47)43(34-15-9-10-16-36(34)48-2)26-37(44)42(25-29-19-22-32(39)33(40)23-29)35(24-28-11-5-3-6-12-28)38(45)41-30-13-7-4-8-14-30/h3,5-6,9-12,15-23,30,35H,4,7-8,13-14,24-26H2,1-2H3,(H,41,45)/t35-/m1/s1. The molecule has 258 valence electrons. The van der Waals surface area contributed by atoms with Gasteiger partial charge < -0.3 is 15.0 Å². The number of nitrogens with one attached hydrogen (secondary N) is 1. The van der Waals surface area contributed by atoms with Gasteiger partial charge in [-0.15, -0.1) is 0 Å². The number of anilines is 1. The van der Waals surface area contributed by atoms with Crippen molar-refractivity contribution < 1.29 is 22.7 Å². The molecule has 2 amide bonds. The van der Waals surface area contributed by atoms with E-state index in [1.807, 2.05) is 37.3 Å². The molecule has 11 heteroatoms. The first-order chi connectivity index (χ1) is 23.6. The molecule has 1 atom stereocenters. The zero-order valence-electron chi connectivity index (χ0n) is 27.6. The molecular weight excluding hydrogens is 681 g/mol. The summed E-state index contributed by atoms with van der Waals surface area (Å²) in [5.41, 5.74) is 2.57. The Labute approximate surface area is 299 Å². The Bertz CT molecular complexity index is 1850. The van der Waals surface area contributed by atoms with Crippen LogP contribution in [0.2, 0.25) is 10.0 Å². The van der Waals surface area contributed by atoms with E-state index >= 15 is 0 Å². The first-order valence-electron chi connectivity index (χ1n) is 16.4. The van der Waals surface area contributed by atoms with Crippen LogP contribution in [-0.4, -0.2) is 50.9 Å². The highest BCUT2D eigenvalue weighted by molar-refractivity contribution is 7.92. The fourth-order valence-electron chi connectivity index (χ4n) is 6.12. The second-order valence-corrected chi connectivity index (χ2v) is 15.0. The number of rotatable bonds is 13. The van der Waals surface area contributed by atoms with Gasteiger partial charge in [-0.3, -0.25) is 13.9 Å². The van der Waals surface area contributed by atoms with Crippen molar-refractivity contribution in [2.24, 2.45) is 0 Å². The molecular formula is C38H41Cl2N3O5S. The van der Waals surface area contributed by atoms with Gasteiger partial charge in [-0.1, -0.05) is 109 Å². The number of aryl methyl sites for hydroxylation is 1. The lowest BCUT2D eigenvalue weighted by Crippen LogP contribution is -2.55. The SMILES string of the molecule is COc1ccccc1N(CC(=O)N(Cc1ccc(Cl)c(Cl)c1)[C@H](Cc1ccccc1)C(=O)NC1CCCCC1)S(=O)(=O)c1ccc(C)cc1. The quantitative estimate of drug-likeness (QED) is 0.154. The number of methoxy groups -OCH3 is 1. The summed E-state index contributed by atoms with van der Waals surface area (Å²) in [6.07, 6.45) is 5.10. The lowest BCUT2D eigenvalue weighted by molar-refractivity contribution is -0.140. The van der Waals surface area contributed by atoms with E-state index in [1.54, 1.807) is 54.6 Å². The highest BCUT2D eigenvalue weighted by atomic mass is 35.5. The van der Waals surface area contributed by atoms with Gasteiger partial charge in [0.1, 0.15) is 18.3 Å². The van der Waals surface area contributed by atoms with Crippen LogP contribution in [-0.2, 0) is 32.6 Å². The molecule has 0 aliphatic heterocycles. The predicted octanol–water partition coefficient (Wildman–Crippen LogP) is 7.59. The number of carbonyl (C=O) groups excluding carboxylic acids is 2. The highest BCUT2D eigenvalue weighted by Crippen LogP contribution is 2.33. The summed E-state index contributed by atoms with van der Waals surface area (Å²) in [6, 6.07) is 26.6. The molecule has 0 bridgehead atoms. The van der Waals surface area contributed by atoms with Gasteiger partial charge in [0.25, 0.3) is 10.0 Å². The topological polar surface area (TPSA) is 96.0 Å². The number of nitrogens with zero attached hydrogens (tertiary/aromatic N) is 2. The minimum Gasteiger partial charge on any atom is -0.495 e. The maximum Gasteiger partial charge on any atom is 0.264 e. The second-order valence-electron chi connectivity index (χ2n) is 12.3. The molecule has 1 fully saturated rings. The Balaban J connectivity index is 1.59. The molecule has 4 aromatic rings. The molecule has 0 radical (unpaired) electrons. The van der Waals surface area contributed by atoms with Gasteiger partial charge in [0.2, 0.25) is 11.8 Å². The molecule has 0 heterocycles. The van der Waals surface area contributed by atoms with Gasteiger partial charge in [0.15, 0.2) is 0 Å². The number of hydrogen-bond acceptors (Lipinski definition) is 5. The number of para-hydroxylation sites is 2. The number of sulfonamides is 1. The lowest BCUT2D eigenvalue weighted by Gasteiger charge is -2.35. The van der Waals surface area contributed by atoms with Crippen LogP contribution in [0.15, 0.2) is 102 Å². The van der Waals surface area contributed by atoms with Crippen LogP contribution in [0.1, 0.15) is 48.8 Å². The smallest absolute Gasteiger partial charge is 0.264 e. The number of amides is 2. The van der Waals surface area contributed by atoms with Crippen molar-refractivity contribution in [3.63, 3.8) is 0 Å². The second kappa shape index (κ2) is 16.6. The minimum absolute atomic E-state index is 0.00607. The maximum absolute atomic E-state index is 14.8. The molecule has 5 rings (SSSR count).